The van der Waals surface area contributed by atoms with E-state index in [1.54, 1.807) is 16.8 Å². The van der Waals surface area contributed by atoms with Crippen molar-refractivity contribution in [2.75, 3.05) is 5.32 Å². The van der Waals surface area contributed by atoms with E-state index in [9.17, 15) is 20.0 Å². The topological polar surface area (TPSA) is 110 Å². The molecule has 23 heavy (non-hydrogen) atoms. The molecule has 2 aromatic heterocycles. The molecule has 1 aromatic carbocycles. The second-order valence-electron chi connectivity index (χ2n) is 5.01. The van der Waals surface area contributed by atoms with Crippen molar-refractivity contribution < 1.29 is 14.8 Å². The third kappa shape index (κ3) is 2.82. The quantitative estimate of drug-likeness (QED) is 0.438. The number of aromatic hydroxyl groups is 1. The molecule has 116 valence electrons. The maximum Gasteiger partial charge on any atom is 0.275 e. The van der Waals surface area contributed by atoms with Gasteiger partial charge in [0, 0.05) is 24.5 Å². The van der Waals surface area contributed by atoms with Crippen LogP contribution in [0.1, 0.15) is 16.1 Å². The molecular formula is C15H12N4O4. The molecule has 8 heteroatoms. The molecule has 0 spiro atoms. The predicted molar refractivity (Wildman–Crippen MR) is 82.6 cm³/mol. The third-order valence-corrected chi connectivity index (χ3v) is 3.29. The number of benzene rings is 1. The average molecular weight is 312 g/mol. The Morgan fingerprint density at radius 3 is 2.87 bits per heavy atom. The molecule has 2 N–H and O–H groups in total. The van der Waals surface area contributed by atoms with Crippen LogP contribution < -0.4 is 5.32 Å². The number of nitro benzene ring substituents is 1. The Morgan fingerprint density at radius 2 is 2.13 bits per heavy atom. The maximum absolute atomic E-state index is 12.2. The van der Waals surface area contributed by atoms with Crippen molar-refractivity contribution in [3.8, 4) is 5.75 Å². The summed E-state index contributed by atoms with van der Waals surface area (Å²) in [5.74, 6) is -0.828. The smallest absolute Gasteiger partial charge is 0.275 e. The highest BCUT2D eigenvalue weighted by molar-refractivity contribution is 6.04. The zero-order chi connectivity index (χ0) is 16.6. The molecule has 0 fully saturated rings. The van der Waals surface area contributed by atoms with Crippen molar-refractivity contribution in [3.63, 3.8) is 0 Å². The normalized spacial score (nSPS) is 10.7. The number of fused-ring (bicyclic) bond motifs is 1. The standard InChI is InChI=1S/C15H12N4O4/c1-9-4-5-18-8-12(16-14(18)6-9)15(21)17-11-7-10(19(22)23)2-3-13(11)20/h2-8,20H,1H3,(H,17,21). The van der Waals surface area contributed by atoms with Crippen molar-refractivity contribution in [2.24, 2.45) is 0 Å². The number of nitro groups is 1. The molecule has 2 heterocycles. The van der Waals surface area contributed by atoms with Crippen LogP contribution in [-0.4, -0.2) is 25.3 Å². The van der Waals surface area contributed by atoms with Gasteiger partial charge in [0.05, 0.1) is 10.6 Å². The molecular weight excluding hydrogens is 300 g/mol. The number of aromatic nitrogens is 2. The molecule has 0 aliphatic carbocycles. The van der Waals surface area contributed by atoms with Gasteiger partial charge in [0.15, 0.2) is 0 Å². The van der Waals surface area contributed by atoms with Crippen molar-refractivity contribution >= 4 is 22.9 Å². The van der Waals surface area contributed by atoms with Crippen LogP contribution in [0.3, 0.4) is 0 Å². The van der Waals surface area contributed by atoms with Gasteiger partial charge in [-0.25, -0.2) is 4.98 Å². The Morgan fingerprint density at radius 1 is 1.35 bits per heavy atom. The van der Waals surface area contributed by atoms with Crippen LogP contribution in [0, 0.1) is 17.0 Å². The first-order valence-corrected chi connectivity index (χ1v) is 6.68. The molecule has 0 atom stereocenters. The molecule has 0 bridgehead atoms. The zero-order valence-electron chi connectivity index (χ0n) is 12.1. The number of aryl methyl sites for hydroxylation is 1. The molecule has 8 nitrogen and oxygen atoms in total. The Kier molecular flexibility index (Phi) is 3.41. The highest BCUT2D eigenvalue weighted by Crippen LogP contribution is 2.28. The van der Waals surface area contributed by atoms with Crippen molar-refractivity contribution in [1.29, 1.82) is 0 Å². The summed E-state index contributed by atoms with van der Waals surface area (Å²) < 4.78 is 1.69. The molecule has 0 radical (unpaired) electrons. The van der Waals surface area contributed by atoms with Crippen LogP contribution in [0.2, 0.25) is 0 Å². The fraction of sp³-hybridized carbons (Fsp3) is 0.0667. The van der Waals surface area contributed by atoms with Crippen molar-refractivity contribution in [2.45, 2.75) is 6.92 Å². The minimum atomic E-state index is -0.608. The number of carbonyl (C=O) groups excluding carboxylic acids is 1. The molecule has 0 aliphatic rings. The number of nitrogens with one attached hydrogen (secondary N) is 1. The highest BCUT2D eigenvalue weighted by Gasteiger charge is 2.16. The van der Waals surface area contributed by atoms with Crippen molar-refractivity contribution in [3.05, 3.63) is 64.1 Å². The second-order valence-corrected chi connectivity index (χ2v) is 5.01. The number of rotatable bonds is 3. The minimum Gasteiger partial charge on any atom is -0.506 e. The zero-order valence-corrected chi connectivity index (χ0v) is 12.1. The van der Waals surface area contributed by atoms with Gasteiger partial charge < -0.3 is 14.8 Å². The van der Waals surface area contributed by atoms with Gasteiger partial charge in [-0.05, 0) is 30.7 Å². The van der Waals surface area contributed by atoms with Crippen LogP contribution in [-0.2, 0) is 0 Å². The summed E-state index contributed by atoms with van der Waals surface area (Å²) in [5.41, 5.74) is 1.48. The molecule has 0 saturated carbocycles. The van der Waals surface area contributed by atoms with Crippen LogP contribution in [0.5, 0.6) is 5.75 Å². The lowest BCUT2D eigenvalue weighted by atomic mass is 10.2. The minimum absolute atomic E-state index is 0.0440. The number of hydrogen-bond donors (Lipinski definition) is 2. The summed E-state index contributed by atoms with van der Waals surface area (Å²) in [5, 5.41) is 22.9. The fourth-order valence-electron chi connectivity index (χ4n) is 2.12. The number of imidazole rings is 1. The van der Waals surface area contributed by atoms with Gasteiger partial charge >= 0.3 is 0 Å². The van der Waals surface area contributed by atoms with Crippen LogP contribution in [0.25, 0.3) is 5.65 Å². The first kappa shape index (κ1) is 14.5. The van der Waals surface area contributed by atoms with Gasteiger partial charge in [-0.2, -0.15) is 0 Å². The van der Waals surface area contributed by atoms with Gasteiger partial charge in [0.2, 0.25) is 0 Å². The SMILES string of the molecule is Cc1ccn2cc(C(=O)Nc3cc([N+](=O)[O-])ccc3O)nc2c1. The number of phenolic OH excluding ortho intramolecular Hbond substituents is 1. The molecule has 3 rings (SSSR count). The number of amides is 1. The predicted octanol–water partition coefficient (Wildman–Crippen LogP) is 2.51. The number of non-ortho nitro benzene ring substituents is 1. The van der Waals surface area contributed by atoms with Crippen LogP contribution >= 0.6 is 0 Å². The summed E-state index contributed by atoms with van der Waals surface area (Å²) in [6.07, 6.45) is 3.32. The van der Waals surface area contributed by atoms with Gasteiger partial charge in [0.1, 0.15) is 17.1 Å². The van der Waals surface area contributed by atoms with E-state index in [1.165, 1.54) is 0 Å². The van der Waals surface area contributed by atoms with Crippen molar-refractivity contribution in [1.82, 2.24) is 9.38 Å². The van der Waals surface area contributed by atoms with E-state index in [1.807, 2.05) is 19.1 Å². The van der Waals surface area contributed by atoms with Crippen LogP contribution in [0.4, 0.5) is 11.4 Å². The lowest BCUT2D eigenvalue weighted by Crippen LogP contribution is -2.12. The van der Waals surface area contributed by atoms with E-state index in [0.717, 1.165) is 23.8 Å². The fourth-order valence-corrected chi connectivity index (χ4v) is 2.12. The third-order valence-electron chi connectivity index (χ3n) is 3.29. The van der Waals surface area contributed by atoms with Gasteiger partial charge in [0.25, 0.3) is 11.6 Å². The van der Waals surface area contributed by atoms with E-state index in [2.05, 4.69) is 10.3 Å². The van der Waals surface area contributed by atoms with E-state index in [4.69, 9.17) is 0 Å². The number of phenols is 1. The van der Waals surface area contributed by atoms with E-state index >= 15 is 0 Å². The summed E-state index contributed by atoms with van der Waals surface area (Å²) in [4.78, 5) is 26.6. The maximum atomic E-state index is 12.2. The first-order chi connectivity index (χ1) is 10.9. The number of nitrogens with zero attached hydrogens (tertiary/aromatic N) is 3. The molecule has 3 aromatic rings. The van der Waals surface area contributed by atoms with E-state index < -0.39 is 10.8 Å². The summed E-state index contributed by atoms with van der Waals surface area (Å²) in [7, 11) is 0. The summed E-state index contributed by atoms with van der Waals surface area (Å²) >= 11 is 0. The Bertz CT molecular complexity index is 932. The lowest BCUT2D eigenvalue weighted by molar-refractivity contribution is -0.384. The summed E-state index contributed by atoms with van der Waals surface area (Å²) in [6.45, 7) is 1.91. The number of anilines is 1. The highest BCUT2D eigenvalue weighted by atomic mass is 16.6. The van der Waals surface area contributed by atoms with Gasteiger partial charge in [-0.15, -0.1) is 0 Å². The molecule has 0 saturated heterocycles. The number of hydrogen-bond acceptors (Lipinski definition) is 5. The van der Waals surface area contributed by atoms with Gasteiger partial charge in [-0.3, -0.25) is 14.9 Å². The van der Waals surface area contributed by atoms with Gasteiger partial charge in [-0.1, -0.05) is 0 Å². The van der Waals surface area contributed by atoms with Crippen LogP contribution in [0.15, 0.2) is 42.7 Å². The Labute approximate surface area is 130 Å². The largest absolute Gasteiger partial charge is 0.506 e. The molecule has 1 amide bonds. The Hall–Kier alpha value is -3.42. The number of carbonyl (C=O) groups is 1. The van der Waals surface area contributed by atoms with E-state index in [-0.39, 0.29) is 22.8 Å². The monoisotopic (exact) mass is 312 g/mol. The Balaban J connectivity index is 1.91. The summed E-state index contributed by atoms with van der Waals surface area (Å²) in [6, 6.07) is 7.09. The van der Waals surface area contributed by atoms with E-state index in [0.29, 0.717) is 5.65 Å². The second kappa shape index (κ2) is 5.41. The lowest BCUT2D eigenvalue weighted by Gasteiger charge is -2.05. The molecule has 0 aliphatic heterocycles. The average Bonchev–Trinajstić information content (AvgIpc) is 2.92. The first-order valence-electron chi connectivity index (χ1n) is 6.68. The number of pyridine rings is 1. The molecule has 0 unspecified atom stereocenters.